The predicted molar refractivity (Wildman–Crippen MR) is 229 cm³/mol. The normalized spacial score (nSPS) is 21.7. The van der Waals surface area contributed by atoms with E-state index in [1.54, 1.807) is 58.6 Å². The SMILES string of the molecule is CC[C@H](C)C([C@@H](CC(=O)N1CCC[C@H]1[C@H](OC)[C@@H](C)C(=O)NC(Cc1ccccc1)C(=O)OC)OC)N(C)C(=O)C(CC(=O)[C@]1(C)CCCN1C(=O)OC(C)(C)C)C(C)C. The number of carbonyl (C=O) groups excluding carboxylic acids is 6. The molecule has 0 radical (unpaired) electrons. The van der Waals surface area contributed by atoms with E-state index in [0.717, 1.165) is 5.56 Å². The van der Waals surface area contributed by atoms with E-state index in [9.17, 15) is 28.8 Å². The monoisotopic (exact) mass is 843 g/mol. The van der Waals surface area contributed by atoms with E-state index in [2.05, 4.69) is 5.32 Å². The number of amides is 4. The first kappa shape index (κ1) is 50.3. The number of rotatable bonds is 20. The van der Waals surface area contributed by atoms with Gasteiger partial charge in [-0.2, -0.15) is 0 Å². The minimum atomic E-state index is -1.10. The first-order chi connectivity index (χ1) is 28.1. The molecule has 2 heterocycles. The second-order valence-corrected chi connectivity index (χ2v) is 18.4. The van der Waals surface area contributed by atoms with Gasteiger partial charge in [0.2, 0.25) is 17.7 Å². The second kappa shape index (κ2) is 22.2. The molecule has 14 heteroatoms. The molecule has 3 unspecified atom stereocenters. The van der Waals surface area contributed by atoms with Crippen molar-refractivity contribution in [3.63, 3.8) is 0 Å². The Kier molecular flexibility index (Phi) is 18.6. The van der Waals surface area contributed by atoms with Crippen LogP contribution in [0.3, 0.4) is 0 Å². The van der Waals surface area contributed by atoms with Crippen LogP contribution >= 0.6 is 0 Å². The van der Waals surface area contributed by atoms with Crippen molar-refractivity contribution in [2.24, 2.45) is 23.7 Å². The number of likely N-dealkylation sites (tertiary alicyclic amines) is 2. The number of carbonyl (C=O) groups is 6. The topological polar surface area (TPSA) is 161 Å². The Morgan fingerprint density at radius 1 is 0.933 bits per heavy atom. The number of hydrogen-bond acceptors (Lipinski definition) is 10. The molecule has 2 fully saturated rings. The highest BCUT2D eigenvalue weighted by atomic mass is 16.6. The van der Waals surface area contributed by atoms with Gasteiger partial charge in [0.1, 0.15) is 17.2 Å². The summed E-state index contributed by atoms with van der Waals surface area (Å²) < 4.78 is 22.7. The molecule has 0 saturated carbocycles. The number of ketones is 1. The minimum Gasteiger partial charge on any atom is -0.467 e. The molecule has 9 atom stereocenters. The number of benzene rings is 1. The lowest BCUT2D eigenvalue weighted by molar-refractivity contribution is -0.150. The number of hydrogen-bond donors (Lipinski definition) is 1. The Labute approximate surface area is 358 Å². The lowest BCUT2D eigenvalue weighted by Crippen LogP contribution is -2.55. The maximum atomic E-state index is 14.6. The van der Waals surface area contributed by atoms with Crippen LogP contribution in [0.1, 0.15) is 113 Å². The zero-order valence-corrected chi connectivity index (χ0v) is 38.6. The molecule has 0 aliphatic carbocycles. The van der Waals surface area contributed by atoms with Crippen molar-refractivity contribution < 1.29 is 47.7 Å². The van der Waals surface area contributed by atoms with Crippen molar-refractivity contribution in [3.05, 3.63) is 35.9 Å². The molecule has 14 nitrogen and oxygen atoms in total. The largest absolute Gasteiger partial charge is 0.467 e. The van der Waals surface area contributed by atoms with Gasteiger partial charge in [-0.1, -0.05) is 71.4 Å². The molecule has 60 heavy (non-hydrogen) atoms. The highest BCUT2D eigenvalue weighted by molar-refractivity contribution is 5.95. The fourth-order valence-corrected chi connectivity index (χ4v) is 8.95. The van der Waals surface area contributed by atoms with Gasteiger partial charge in [-0.3, -0.25) is 24.1 Å². The Morgan fingerprint density at radius 3 is 2.13 bits per heavy atom. The Balaban J connectivity index is 1.79. The Bertz CT molecular complexity index is 1620. The molecule has 2 saturated heterocycles. The molecular weight excluding hydrogens is 769 g/mol. The van der Waals surface area contributed by atoms with Gasteiger partial charge < -0.3 is 34.1 Å². The van der Waals surface area contributed by atoms with Crippen LogP contribution in [0, 0.1) is 23.7 Å². The number of nitrogens with zero attached hydrogens (tertiary/aromatic N) is 3. The second-order valence-electron chi connectivity index (χ2n) is 18.4. The highest BCUT2D eigenvalue weighted by Gasteiger charge is 2.49. The molecule has 2 aliphatic heterocycles. The van der Waals surface area contributed by atoms with Crippen molar-refractivity contribution in [2.75, 3.05) is 41.5 Å². The Hall–Kier alpha value is -4.04. The number of nitrogens with one attached hydrogen (secondary N) is 1. The third-order valence-electron chi connectivity index (χ3n) is 12.7. The predicted octanol–water partition coefficient (Wildman–Crippen LogP) is 5.83. The molecule has 338 valence electrons. The van der Waals surface area contributed by atoms with Crippen LogP contribution in [-0.2, 0) is 49.3 Å². The summed E-state index contributed by atoms with van der Waals surface area (Å²) in [4.78, 5) is 87.6. The van der Waals surface area contributed by atoms with E-state index in [4.69, 9.17) is 18.9 Å². The van der Waals surface area contributed by atoms with Crippen LogP contribution in [-0.4, -0.2) is 133 Å². The van der Waals surface area contributed by atoms with Gasteiger partial charge in [0.05, 0.1) is 43.7 Å². The van der Waals surface area contributed by atoms with Gasteiger partial charge in [-0.05, 0) is 70.8 Å². The zero-order valence-electron chi connectivity index (χ0n) is 38.6. The van der Waals surface area contributed by atoms with Gasteiger partial charge in [-0.15, -0.1) is 0 Å². The van der Waals surface area contributed by atoms with Crippen molar-refractivity contribution in [3.8, 4) is 0 Å². The minimum absolute atomic E-state index is 0.0215. The molecule has 4 amide bonds. The zero-order chi connectivity index (χ0) is 45.1. The van der Waals surface area contributed by atoms with Crippen molar-refractivity contribution in [1.29, 1.82) is 0 Å². The van der Waals surface area contributed by atoms with Crippen LogP contribution in [0.15, 0.2) is 30.3 Å². The van der Waals surface area contributed by atoms with Gasteiger partial charge in [0.15, 0.2) is 5.78 Å². The van der Waals surface area contributed by atoms with Gasteiger partial charge in [-0.25, -0.2) is 9.59 Å². The smallest absolute Gasteiger partial charge is 0.411 e. The molecule has 0 spiro atoms. The van der Waals surface area contributed by atoms with E-state index in [1.165, 1.54) is 19.1 Å². The molecular formula is C46H74N4O10. The van der Waals surface area contributed by atoms with E-state index in [1.807, 2.05) is 58.0 Å². The number of ether oxygens (including phenoxy) is 4. The Morgan fingerprint density at radius 2 is 1.58 bits per heavy atom. The summed E-state index contributed by atoms with van der Waals surface area (Å²) in [7, 11) is 6.07. The summed E-state index contributed by atoms with van der Waals surface area (Å²) in [6.45, 7) is 17.6. The number of methoxy groups -OCH3 is 3. The first-order valence-electron chi connectivity index (χ1n) is 21.7. The first-order valence-corrected chi connectivity index (χ1v) is 21.7. The van der Waals surface area contributed by atoms with Crippen LogP contribution in [0.25, 0.3) is 0 Å². The lowest BCUT2D eigenvalue weighted by Gasteiger charge is -2.41. The average Bonchev–Trinajstić information content (AvgIpc) is 3.86. The van der Waals surface area contributed by atoms with E-state index in [0.29, 0.717) is 45.2 Å². The van der Waals surface area contributed by atoms with Crippen LogP contribution in [0.4, 0.5) is 4.79 Å². The molecule has 1 N–H and O–H groups in total. The lowest BCUT2D eigenvalue weighted by atomic mass is 9.81. The van der Waals surface area contributed by atoms with Crippen molar-refractivity contribution >= 4 is 35.6 Å². The number of esters is 1. The van der Waals surface area contributed by atoms with Crippen molar-refractivity contribution in [1.82, 2.24) is 20.0 Å². The van der Waals surface area contributed by atoms with Crippen LogP contribution < -0.4 is 5.32 Å². The molecule has 3 rings (SSSR count). The summed E-state index contributed by atoms with van der Waals surface area (Å²) in [5.41, 5.74) is -0.949. The van der Waals surface area contributed by atoms with Crippen molar-refractivity contribution in [2.45, 2.75) is 155 Å². The number of likely N-dealkylation sites (N-methyl/N-ethyl adjacent to an activating group) is 1. The van der Waals surface area contributed by atoms with Crippen LogP contribution in [0.5, 0.6) is 0 Å². The summed E-state index contributed by atoms with van der Waals surface area (Å²) in [5, 5.41) is 2.86. The third-order valence-corrected chi connectivity index (χ3v) is 12.7. The standard InChI is InChI=1S/C46H74N4O10/c1-14-30(4)39(48(10)42(54)33(29(2)3)27-37(51)46(9)23-19-25-50(46)44(56)60-45(6,7)8)36(57-11)28-38(52)49-24-18-22-35(49)40(58-12)31(5)41(53)47-34(43(55)59-13)26-32-20-16-15-17-21-32/h15-17,20-21,29-31,33-36,39-40H,14,18-19,22-28H2,1-13H3,(H,47,53)/t30-,31+,33?,34?,35-,36+,39?,40+,46-/m0/s1. The fourth-order valence-electron chi connectivity index (χ4n) is 8.95. The summed E-state index contributed by atoms with van der Waals surface area (Å²) in [5.74, 6) is -3.20. The molecule has 1 aromatic rings. The quantitative estimate of drug-likeness (QED) is 0.158. The summed E-state index contributed by atoms with van der Waals surface area (Å²) >= 11 is 0. The molecule has 2 aliphatic rings. The average molecular weight is 843 g/mol. The van der Waals surface area contributed by atoms with Gasteiger partial charge in [0.25, 0.3) is 0 Å². The molecule has 1 aromatic carbocycles. The maximum absolute atomic E-state index is 14.6. The van der Waals surface area contributed by atoms with Gasteiger partial charge in [0, 0.05) is 53.1 Å². The number of Topliss-reactive ketones (excluding diaryl/α,β-unsaturated/α-hetero) is 1. The molecule has 0 aromatic heterocycles. The summed E-state index contributed by atoms with van der Waals surface area (Å²) in [6.07, 6.45) is 1.47. The van der Waals surface area contributed by atoms with Crippen LogP contribution in [0.2, 0.25) is 0 Å². The highest BCUT2D eigenvalue weighted by Crippen LogP contribution is 2.36. The van der Waals surface area contributed by atoms with E-state index in [-0.39, 0.29) is 48.7 Å². The summed E-state index contributed by atoms with van der Waals surface area (Å²) in [6, 6.07) is 7.53. The maximum Gasteiger partial charge on any atom is 0.411 e. The fraction of sp³-hybridized carbons (Fsp3) is 0.739. The third kappa shape index (κ3) is 12.5. The van der Waals surface area contributed by atoms with Gasteiger partial charge >= 0.3 is 12.1 Å². The van der Waals surface area contributed by atoms with E-state index >= 15 is 0 Å². The molecule has 0 bridgehead atoms. The van der Waals surface area contributed by atoms with E-state index < -0.39 is 71.3 Å².